The van der Waals surface area contributed by atoms with Gasteiger partial charge in [-0.2, -0.15) is 23.3 Å². The smallest absolute Gasteiger partial charge is 0.418 e. The first-order chi connectivity index (χ1) is 23.4. The number of aryl methyl sites for hydroxylation is 2. The highest BCUT2D eigenvalue weighted by atomic mass is 19.4. The molecule has 14 heteroatoms. The summed E-state index contributed by atoms with van der Waals surface area (Å²) in [4.78, 5) is 35.6. The van der Waals surface area contributed by atoms with Gasteiger partial charge in [0.05, 0.1) is 11.8 Å². The Hall–Kier alpha value is -5.40. The van der Waals surface area contributed by atoms with Crippen LogP contribution in [0.25, 0.3) is 16.6 Å². The number of halogens is 3. The fourth-order valence-electron chi connectivity index (χ4n) is 5.70. The van der Waals surface area contributed by atoms with Gasteiger partial charge in [0, 0.05) is 56.1 Å². The highest BCUT2D eigenvalue weighted by Crippen LogP contribution is 2.40. The normalized spacial score (nSPS) is 14.4. The number of anilines is 2. The molecule has 2 amide bonds. The first-order valence-corrected chi connectivity index (χ1v) is 16.0. The van der Waals surface area contributed by atoms with E-state index in [-0.39, 0.29) is 34.6 Å². The molecule has 1 fully saturated rings. The third kappa shape index (κ3) is 8.19. The lowest BCUT2D eigenvalue weighted by atomic mass is 9.95. The number of hydrogen-bond donors (Lipinski definition) is 3. The van der Waals surface area contributed by atoms with Crippen LogP contribution in [0.5, 0.6) is 11.6 Å². The van der Waals surface area contributed by atoms with Crippen LogP contribution in [-0.4, -0.2) is 51.2 Å². The fourth-order valence-corrected chi connectivity index (χ4v) is 5.70. The number of nitrogens with one attached hydrogen (secondary N) is 2. The van der Waals surface area contributed by atoms with Crippen LogP contribution in [0.4, 0.5) is 24.5 Å². The molecule has 1 saturated heterocycles. The Morgan fingerprint density at radius 3 is 2.55 bits per heavy atom. The topological polar surface area (TPSA) is 140 Å². The zero-order chi connectivity index (χ0) is 35.3. The van der Waals surface area contributed by atoms with E-state index in [9.17, 15) is 22.8 Å². The van der Waals surface area contributed by atoms with Crippen LogP contribution in [-0.2, 0) is 18.0 Å². The minimum Gasteiger partial charge on any atom is -0.438 e. The van der Waals surface area contributed by atoms with E-state index < -0.39 is 17.6 Å². The van der Waals surface area contributed by atoms with Crippen LogP contribution in [0.2, 0.25) is 0 Å². The predicted octanol–water partition coefficient (Wildman–Crippen LogP) is 6.35. The number of nitrogens with zero attached hydrogens (tertiary/aromatic N) is 5. The second kappa shape index (κ2) is 14.8. The van der Waals surface area contributed by atoms with Crippen LogP contribution in [0.1, 0.15) is 60.4 Å². The molecular weight excluding hydrogens is 637 g/mol. The SMILES string of the molecule is CC/C=C(\C=C/N)c1nc(Oc2cc(C(=O)Nc3ccc(N4CCC(CNC(C)=O)CC4)c(C(F)(F)F)c3)ccc2C)c2cnn(C)c2n1. The molecule has 2 aromatic heterocycles. The van der Waals surface area contributed by atoms with E-state index in [0.717, 1.165) is 6.07 Å². The number of rotatable bonds is 10. The molecule has 5 rings (SSSR count). The predicted molar refractivity (Wildman–Crippen MR) is 182 cm³/mol. The molecule has 0 saturated carbocycles. The van der Waals surface area contributed by atoms with Crippen LogP contribution < -0.4 is 26.0 Å². The molecule has 0 unspecified atom stereocenters. The lowest BCUT2D eigenvalue weighted by Crippen LogP contribution is -2.39. The average Bonchev–Trinajstić information content (AvgIpc) is 3.45. The molecule has 1 aliphatic heterocycles. The standard InChI is InChI=1S/C35H39F3N8O3/c1-5-6-24(11-14-39)31-43-32-27(20-41-45(32)4)34(44-31)49-30-17-25(8-7-21(30)2)33(48)42-26-9-10-29(28(18-26)35(36,37)38)46-15-12-23(13-16-46)19-40-22(3)47/h6-11,14,17-18,20,23H,5,12-13,15-16,19,39H2,1-4H3,(H,40,47)(H,42,48)/b14-11-,24-6+. The van der Waals surface area contributed by atoms with Gasteiger partial charge < -0.3 is 26.0 Å². The van der Waals surface area contributed by atoms with Crippen molar-refractivity contribution in [2.45, 2.75) is 46.2 Å². The summed E-state index contributed by atoms with van der Waals surface area (Å²) < 4.78 is 50.7. The Balaban J connectivity index is 1.38. The molecule has 258 valence electrons. The van der Waals surface area contributed by atoms with Crippen molar-refractivity contribution in [1.29, 1.82) is 0 Å². The van der Waals surface area contributed by atoms with Crippen molar-refractivity contribution in [3.63, 3.8) is 0 Å². The second-order valence-corrected chi connectivity index (χ2v) is 11.9. The van der Waals surface area contributed by atoms with E-state index in [0.29, 0.717) is 72.6 Å². The number of ether oxygens (including phenoxy) is 1. The zero-order valence-corrected chi connectivity index (χ0v) is 27.8. The molecule has 0 spiro atoms. The molecule has 1 aliphatic rings. The van der Waals surface area contributed by atoms with Crippen molar-refractivity contribution in [2.75, 3.05) is 29.9 Å². The molecule has 2 aromatic carbocycles. The number of amides is 2. The van der Waals surface area contributed by atoms with Gasteiger partial charge in [0.1, 0.15) is 11.1 Å². The minimum absolute atomic E-state index is 0.00497. The molecule has 0 radical (unpaired) electrons. The molecule has 3 heterocycles. The quantitative estimate of drug-likeness (QED) is 0.165. The number of carbonyl (C=O) groups excluding carboxylic acids is 2. The molecule has 49 heavy (non-hydrogen) atoms. The van der Waals surface area contributed by atoms with Crippen molar-refractivity contribution in [3.8, 4) is 11.6 Å². The van der Waals surface area contributed by atoms with E-state index in [2.05, 4.69) is 25.7 Å². The van der Waals surface area contributed by atoms with E-state index in [4.69, 9.17) is 10.5 Å². The fraction of sp³-hybridized carbons (Fsp3) is 0.343. The Bertz CT molecular complexity index is 1910. The Labute approximate surface area is 282 Å². The first kappa shape index (κ1) is 34.9. The molecule has 0 aliphatic carbocycles. The molecule has 4 N–H and O–H groups in total. The molecule has 4 aromatic rings. The summed E-state index contributed by atoms with van der Waals surface area (Å²) in [6, 6.07) is 8.59. The van der Waals surface area contributed by atoms with Gasteiger partial charge in [0.2, 0.25) is 11.8 Å². The highest BCUT2D eigenvalue weighted by Gasteiger charge is 2.36. The monoisotopic (exact) mass is 676 g/mol. The number of allylic oxidation sites excluding steroid dienone is 3. The number of nitrogens with two attached hydrogens (primary N) is 1. The van der Waals surface area contributed by atoms with Gasteiger partial charge in [-0.15, -0.1) is 0 Å². The minimum atomic E-state index is -4.64. The second-order valence-electron chi connectivity index (χ2n) is 11.9. The maximum atomic E-state index is 14.3. The first-order valence-electron chi connectivity index (χ1n) is 16.0. The third-order valence-electron chi connectivity index (χ3n) is 8.33. The van der Waals surface area contributed by atoms with E-state index in [1.54, 1.807) is 48.0 Å². The van der Waals surface area contributed by atoms with Gasteiger partial charge in [-0.25, -0.2) is 4.98 Å². The highest BCUT2D eigenvalue weighted by molar-refractivity contribution is 6.04. The summed E-state index contributed by atoms with van der Waals surface area (Å²) in [7, 11) is 1.75. The summed E-state index contributed by atoms with van der Waals surface area (Å²) in [6.07, 6.45) is 3.97. The van der Waals surface area contributed by atoms with Crippen molar-refractivity contribution >= 4 is 39.8 Å². The maximum absolute atomic E-state index is 14.3. The average molecular weight is 677 g/mol. The Kier molecular flexibility index (Phi) is 10.5. The summed E-state index contributed by atoms with van der Waals surface area (Å²) in [5, 5.41) is 10.2. The van der Waals surface area contributed by atoms with Crippen molar-refractivity contribution < 1.29 is 27.5 Å². The van der Waals surface area contributed by atoms with Crippen molar-refractivity contribution in [2.24, 2.45) is 18.7 Å². The third-order valence-corrected chi connectivity index (χ3v) is 8.33. The number of benzene rings is 2. The van der Waals surface area contributed by atoms with Crippen molar-refractivity contribution in [1.82, 2.24) is 25.1 Å². The number of piperidine rings is 1. The van der Waals surface area contributed by atoms with E-state index in [1.807, 2.05) is 13.0 Å². The molecule has 0 atom stereocenters. The summed E-state index contributed by atoms with van der Waals surface area (Å²) in [5.41, 5.74) is 6.98. The van der Waals surface area contributed by atoms with E-state index in [1.165, 1.54) is 31.3 Å². The number of fused-ring (bicyclic) bond motifs is 1. The van der Waals surface area contributed by atoms with Crippen LogP contribution in [0.15, 0.2) is 60.9 Å². The maximum Gasteiger partial charge on any atom is 0.418 e. The Morgan fingerprint density at radius 1 is 1.12 bits per heavy atom. The summed E-state index contributed by atoms with van der Waals surface area (Å²) in [5.74, 6) is 0.374. The van der Waals surface area contributed by atoms with Gasteiger partial charge >= 0.3 is 6.18 Å². The molecule has 0 bridgehead atoms. The Morgan fingerprint density at radius 2 is 1.88 bits per heavy atom. The number of carbonyl (C=O) groups is 2. The lowest BCUT2D eigenvalue weighted by Gasteiger charge is -2.35. The number of aromatic nitrogens is 4. The van der Waals surface area contributed by atoms with Crippen LogP contribution >= 0.6 is 0 Å². The van der Waals surface area contributed by atoms with Crippen LogP contribution in [0.3, 0.4) is 0 Å². The van der Waals surface area contributed by atoms with Crippen molar-refractivity contribution in [3.05, 3.63) is 83.5 Å². The van der Waals surface area contributed by atoms with Gasteiger partial charge in [-0.3, -0.25) is 14.3 Å². The zero-order valence-electron chi connectivity index (χ0n) is 27.8. The molecular formula is C35H39F3N8O3. The largest absolute Gasteiger partial charge is 0.438 e. The van der Waals surface area contributed by atoms with Crippen LogP contribution in [0, 0.1) is 12.8 Å². The van der Waals surface area contributed by atoms with Gasteiger partial charge in [-0.1, -0.05) is 19.1 Å². The molecule has 11 nitrogen and oxygen atoms in total. The summed E-state index contributed by atoms with van der Waals surface area (Å²) >= 11 is 0. The van der Waals surface area contributed by atoms with E-state index >= 15 is 0 Å². The van der Waals surface area contributed by atoms with Gasteiger partial charge in [0.15, 0.2) is 11.5 Å². The summed E-state index contributed by atoms with van der Waals surface area (Å²) in [6.45, 7) is 6.56. The van der Waals surface area contributed by atoms with Gasteiger partial charge in [0.25, 0.3) is 5.91 Å². The number of alkyl halides is 3. The lowest BCUT2D eigenvalue weighted by molar-refractivity contribution is -0.137. The number of hydrogen-bond acceptors (Lipinski definition) is 8. The van der Waals surface area contributed by atoms with Gasteiger partial charge in [-0.05, 0) is 80.3 Å².